The van der Waals surface area contributed by atoms with Gasteiger partial charge in [0.25, 0.3) is 0 Å². The van der Waals surface area contributed by atoms with E-state index in [4.69, 9.17) is 19.3 Å². The molecule has 0 aromatic heterocycles. The zero-order valence-corrected chi connectivity index (χ0v) is 35.5. The molecule has 0 saturated heterocycles. The predicted molar refractivity (Wildman–Crippen MR) is 225 cm³/mol. The quantitative estimate of drug-likeness (QED) is 0.0207. The molecule has 1 atom stereocenters. The Hall–Kier alpha value is -1.99. The third-order valence-corrected chi connectivity index (χ3v) is 9.88. The van der Waals surface area contributed by atoms with E-state index < -0.39 is 32.5 Å². The molecule has 0 aliphatic carbocycles. The molecule has 0 bridgehead atoms. The van der Waals surface area contributed by atoms with E-state index in [0.717, 1.165) is 64.2 Å². The molecule has 0 aromatic rings. The highest BCUT2D eigenvalue weighted by Crippen LogP contribution is 2.36. The summed E-state index contributed by atoms with van der Waals surface area (Å²) >= 11 is 0. The van der Waals surface area contributed by atoms with E-state index >= 15 is 0 Å². The second-order valence-electron chi connectivity index (χ2n) is 14.7. The largest absolute Gasteiger partial charge is 0.469 e. The lowest BCUT2D eigenvalue weighted by Crippen LogP contribution is -2.29. The fourth-order valence-corrected chi connectivity index (χ4v) is 6.49. The van der Waals surface area contributed by atoms with Crippen molar-refractivity contribution in [2.75, 3.05) is 13.2 Å². The van der Waals surface area contributed by atoms with Crippen LogP contribution in [0.15, 0.2) is 48.6 Å². The molecule has 9 heteroatoms. The molecule has 0 radical (unpaired) electrons. The molecule has 0 saturated carbocycles. The van der Waals surface area contributed by atoms with Crippen molar-refractivity contribution in [1.29, 1.82) is 0 Å². The lowest BCUT2D eigenvalue weighted by molar-refractivity contribution is -0.161. The third kappa shape index (κ3) is 42.7. The third-order valence-electron chi connectivity index (χ3n) is 9.39. The molecule has 0 rings (SSSR count). The summed E-state index contributed by atoms with van der Waals surface area (Å²) in [5.41, 5.74) is 0. The van der Waals surface area contributed by atoms with Gasteiger partial charge in [0.1, 0.15) is 6.61 Å². The van der Waals surface area contributed by atoms with Crippen molar-refractivity contribution < 1.29 is 37.9 Å². The number of unbranched alkanes of at least 4 members (excludes halogenated alkanes) is 24. The molecule has 1 unspecified atom stereocenters. The molecular formula is C45H81O8P. The highest BCUT2D eigenvalue weighted by molar-refractivity contribution is 7.46. The number of hydrogen-bond acceptors (Lipinski definition) is 6. The maximum absolute atomic E-state index is 12.4. The van der Waals surface area contributed by atoms with Crippen molar-refractivity contribution in [3.8, 4) is 0 Å². The summed E-state index contributed by atoms with van der Waals surface area (Å²) in [4.78, 5) is 42.8. The van der Waals surface area contributed by atoms with Gasteiger partial charge in [0.05, 0.1) is 6.61 Å². The predicted octanol–water partition coefficient (Wildman–Crippen LogP) is 13.5. The van der Waals surface area contributed by atoms with Gasteiger partial charge in [0, 0.05) is 12.8 Å². The van der Waals surface area contributed by atoms with Crippen molar-refractivity contribution in [1.82, 2.24) is 0 Å². The Balaban J connectivity index is 3.85. The number of esters is 2. The summed E-state index contributed by atoms with van der Waals surface area (Å²) in [6.45, 7) is 3.54. The number of ether oxygens (including phenoxy) is 2. The summed E-state index contributed by atoms with van der Waals surface area (Å²) < 4.78 is 26.4. The monoisotopic (exact) mass is 781 g/mol. The van der Waals surface area contributed by atoms with Gasteiger partial charge in [-0.1, -0.05) is 184 Å². The minimum Gasteiger partial charge on any atom is -0.462 e. The average Bonchev–Trinajstić information content (AvgIpc) is 3.14. The van der Waals surface area contributed by atoms with E-state index in [2.05, 4.69) is 48.8 Å². The van der Waals surface area contributed by atoms with E-state index in [1.54, 1.807) is 0 Å². The van der Waals surface area contributed by atoms with E-state index in [9.17, 15) is 14.2 Å². The Bertz CT molecular complexity index is 1020. The van der Waals surface area contributed by atoms with Crippen LogP contribution in [0, 0.1) is 0 Å². The molecule has 0 heterocycles. The van der Waals surface area contributed by atoms with E-state index in [0.29, 0.717) is 12.8 Å². The van der Waals surface area contributed by atoms with E-state index in [-0.39, 0.29) is 19.4 Å². The van der Waals surface area contributed by atoms with Crippen LogP contribution in [-0.2, 0) is 28.2 Å². The second kappa shape index (κ2) is 40.7. The van der Waals surface area contributed by atoms with Crippen LogP contribution in [0.25, 0.3) is 0 Å². The number of carbonyl (C=O) groups excluding carboxylic acids is 2. The zero-order chi connectivity index (χ0) is 39.6. The standard InChI is InChI=1S/C45H81O8P/c1-3-5-7-9-11-13-15-17-18-19-20-21-22-23-24-25-26-28-29-31-33-35-37-39-44(46)51-41-43(42-52-54(48,49)50)53-45(47)40-38-36-34-32-30-27-16-14-12-10-8-6-4-2/h6,8,10,12,14,16,23-24,43H,3-5,7,9,11,13,15,17-22,25-42H2,1-2H3,(H2,48,49,50)/b8-6+,12-10+,16-14+,24-23+. The Morgan fingerprint density at radius 1 is 0.500 bits per heavy atom. The molecule has 0 aliphatic heterocycles. The average molecular weight is 781 g/mol. The van der Waals surface area contributed by atoms with Crippen molar-refractivity contribution >= 4 is 19.8 Å². The first kappa shape index (κ1) is 52.0. The van der Waals surface area contributed by atoms with Crippen LogP contribution in [0.3, 0.4) is 0 Å². The number of rotatable bonds is 40. The van der Waals surface area contributed by atoms with Crippen molar-refractivity contribution in [2.24, 2.45) is 0 Å². The number of phosphoric acid groups is 1. The van der Waals surface area contributed by atoms with Gasteiger partial charge in [-0.15, -0.1) is 0 Å². The van der Waals surface area contributed by atoms with Crippen LogP contribution in [0.4, 0.5) is 0 Å². The number of allylic oxidation sites excluding steroid dienone is 8. The summed E-state index contributed by atoms with van der Waals surface area (Å²) in [7, 11) is -4.76. The first-order chi connectivity index (χ1) is 26.3. The van der Waals surface area contributed by atoms with Crippen molar-refractivity contribution in [2.45, 2.75) is 213 Å². The SMILES string of the molecule is CC/C=C/C=C/C=C/CCCCCCCC(=O)OC(COC(=O)CCCCCCCCC/C=C/CCCCCCCCCCCCCC)COP(=O)(O)O. The van der Waals surface area contributed by atoms with Crippen molar-refractivity contribution in [3.05, 3.63) is 48.6 Å². The fraction of sp³-hybridized carbons (Fsp3) is 0.778. The van der Waals surface area contributed by atoms with Gasteiger partial charge in [-0.3, -0.25) is 14.1 Å². The topological polar surface area (TPSA) is 119 Å². The first-order valence-electron chi connectivity index (χ1n) is 22.0. The molecule has 8 nitrogen and oxygen atoms in total. The fourth-order valence-electron chi connectivity index (χ4n) is 6.13. The molecule has 2 N–H and O–H groups in total. The highest BCUT2D eigenvalue weighted by atomic mass is 31.2. The van der Waals surface area contributed by atoms with E-state index in [1.165, 1.54) is 103 Å². The number of phosphoric ester groups is 1. The molecule has 314 valence electrons. The number of hydrogen-bond donors (Lipinski definition) is 2. The minimum atomic E-state index is -4.76. The molecule has 0 aliphatic rings. The van der Waals surface area contributed by atoms with Gasteiger partial charge >= 0.3 is 19.8 Å². The molecule has 54 heavy (non-hydrogen) atoms. The van der Waals surface area contributed by atoms with Gasteiger partial charge in [0.2, 0.25) is 0 Å². The summed E-state index contributed by atoms with van der Waals surface area (Å²) in [5.74, 6) is -0.912. The summed E-state index contributed by atoms with van der Waals surface area (Å²) in [5, 5.41) is 0. The molecular weight excluding hydrogens is 699 g/mol. The normalized spacial score (nSPS) is 12.9. The van der Waals surface area contributed by atoms with Gasteiger partial charge in [-0.2, -0.15) is 0 Å². The van der Waals surface area contributed by atoms with Gasteiger partial charge < -0.3 is 19.3 Å². The van der Waals surface area contributed by atoms with Gasteiger partial charge in [0.15, 0.2) is 6.10 Å². The Labute approximate surface area is 331 Å². The lowest BCUT2D eigenvalue weighted by Gasteiger charge is -2.18. The maximum Gasteiger partial charge on any atom is 0.469 e. The van der Waals surface area contributed by atoms with Gasteiger partial charge in [-0.05, 0) is 57.8 Å². The van der Waals surface area contributed by atoms with Crippen LogP contribution in [-0.4, -0.2) is 41.0 Å². The molecule has 0 amide bonds. The van der Waals surface area contributed by atoms with Crippen LogP contribution >= 0.6 is 7.82 Å². The second-order valence-corrected chi connectivity index (χ2v) is 15.9. The van der Waals surface area contributed by atoms with Crippen molar-refractivity contribution in [3.63, 3.8) is 0 Å². The minimum absolute atomic E-state index is 0.187. The maximum atomic E-state index is 12.4. The zero-order valence-electron chi connectivity index (χ0n) is 34.6. The van der Waals surface area contributed by atoms with Crippen LogP contribution in [0.5, 0.6) is 0 Å². The molecule has 0 fully saturated rings. The molecule has 0 aromatic carbocycles. The lowest BCUT2D eigenvalue weighted by atomic mass is 10.0. The van der Waals surface area contributed by atoms with Crippen LogP contribution in [0.2, 0.25) is 0 Å². The van der Waals surface area contributed by atoms with Gasteiger partial charge in [-0.25, -0.2) is 4.57 Å². The number of carbonyl (C=O) groups is 2. The highest BCUT2D eigenvalue weighted by Gasteiger charge is 2.22. The summed E-state index contributed by atoms with van der Waals surface area (Å²) in [6, 6.07) is 0. The smallest absolute Gasteiger partial charge is 0.462 e. The Kier molecular flexibility index (Phi) is 39.2. The summed E-state index contributed by atoms with van der Waals surface area (Å²) in [6.07, 6.45) is 49.9. The van der Waals surface area contributed by atoms with E-state index in [1.807, 2.05) is 18.2 Å². The Morgan fingerprint density at radius 3 is 1.37 bits per heavy atom. The van der Waals surface area contributed by atoms with Crippen LogP contribution in [0.1, 0.15) is 206 Å². The Morgan fingerprint density at radius 2 is 0.907 bits per heavy atom. The first-order valence-corrected chi connectivity index (χ1v) is 23.5. The van der Waals surface area contributed by atoms with Crippen LogP contribution < -0.4 is 0 Å². The molecule has 0 spiro atoms.